The van der Waals surface area contributed by atoms with Gasteiger partial charge in [0.1, 0.15) is 0 Å². The summed E-state index contributed by atoms with van der Waals surface area (Å²) in [6.07, 6.45) is 0.433. The molecule has 1 aromatic carbocycles. The molecule has 0 aromatic heterocycles. The molecular formula is C11H14BrNOS. The van der Waals surface area contributed by atoms with Crippen LogP contribution < -0.4 is 5.32 Å². The number of thiol groups is 1. The van der Waals surface area contributed by atoms with E-state index in [9.17, 15) is 4.79 Å². The molecule has 1 amide bonds. The number of halogens is 1. The highest BCUT2D eigenvalue weighted by molar-refractivity contribution is 9.10. The quantitative estimate of drug-likeness (QED) is 0.821. The summed E-state index contributed by atoms with van der Waals surface area (Å²) in [5.41, 5.74) is 3.09. The van der Waals surface area contributed by atoms with Crippen molar-refractivity contribution in [2.24, 2.45) is 0 Å². The highest BCUT2D eigenvalue weighted by atomic mass is 79.9. The number of aryl methyl sites for hydroxylation is 2. The lowest BCUT2D eigenvalue weighted by Crippen LogP contribution is -2.13. The van der Waals surface area contributed by atoms with Crippen LogP contribution in [0.1, 0.15) is 17.5 Å². The lowest BCUT2D eigenvalue weighted by atomic mass is 10.1. The zero-order chi connectivity index (χ0) is 11.4. The number of carbonyl (C=O) groups is 1. The molecule has 0 bridgehead atoms. The van der Waals surface area contributed by atoms with Crippen LogP contribution in [0.4, 0.5) is 5.69 Å². The molecule has 0 saturated heterocycles. The molecule has 0 aliphatic heterocycles. The Balaban J connectivity index is 2.90. The van der Waals surface area contributed by atoms with Gasteiger partial charge in [-0.3, -0.25) is 4.79 Å². The van der Waals surface area contributed by atoms with Crippen LogP contribution in [0.3, 0.4) is 0 Å². The van der Waals surface area contributed by atoms with Gasteiger partial charge in [0.25, 0.3) is 0 Å². The van der Waals surface area contributed by atoms with Gasteiger partial charge >= 0.3 is 0 Å². The van der Waals surface area contributed by atoms with Crippen LogP contribution in [0.25, 0.3) is 0 Å². The molecule has 0 fully saturated rings. The second-order valence-corrected chi connectivity index (χ2v) is 4.76. The molecule has 0 aliphatic carbocycles. The molecule has 0 unspecified atom stereocenters. The monoisotopic (exact) mass is 287 g/mol. The fourth-order valence-corrected chi connectivity index (χ4v) is 2.35. The predicted octanol–water partition coefficient (Wildman–Crippen LogP) is 3.32. The van der Waals surface area contributed by atoms with Gasteiger partial charge in [0.15, 0.2) is 0 Å². The molecule has 82 valence electrons. The third kappa shape index (κ3) is 3.54. The number of anilines is 1. The number of hydrogen-bond acceptors (Lipinski definition) is 2. The summed E-state index contributed by atoms with van der Waals surface area (Å²) >= 11 is 7.47. The first kappa shape index (κ1) is 12.6. The first-order valence-corrected chi connectivity index (χ1v) is 6.14. The van der Waals surface area contributed by atoms with Gasteiger partial charge < -0.3 is 5.32 Å². The summed E-state index contributed by atoms with van der Waals surface area (Å²) in [6.45, 7) is 4.01. The Morgan fingerprint density at radius 3 is 2.67 bits per heavy atom. The Kier molecular flexibility index (Phi) is 4.67. The lowest BCUT2D eigenvalue weighted by molar-refractivity contribution is -0.115. The van der Waals surface area contributed by atoms with E-state index in [1.165, 1.54) is 5.56 Å². The average Bonchev–Trinajstić information content (AvgIpc) is 2.11. The molecule has 0 radical (unpaired) electrons. The molecule has 0 saturated carbocycles. The van der Waals surface area contributed by atoms with E-state index in [2.05, 4.69) is 33.9 Å². The standard InChI is InChI=1S/C11H14BrNOS/c1-7-5-8(2)11(9(12)6-7)13-10(14)3-4-15/h5-6,15H,3-4H2,1-2H3,(H,13,14). The van der Waals surface area contributed by atoms with E-state index in [4.69, 9.17) is 0 Å². The number of amides is 1. The van der Waals surface area contributed by atoms with Gasteiger partial charge in [-0.05, 0) is 52.7 Å². The minimum atomic E-state index is -0.00217. The molecule has 1 N–H and O–H groups in total. The van der Waals surface area contributed by atoms with E-state index in [-0.39, 0.29) is 5.91 Å². The van der Waals surface area contributed by atoms with Crippen molar-refractivity contribution in [3.05, 3.63) is 27.7 Å². The highest BCUT2D eigenvalue weighted by Gasteiger charge is 2.08. The summed E-state index contributed by atoms with van der Waals surface area (Å²) in [4.78, 5) is 11.4. The highest BCUT2D eigenvalue weighted by Crippen LogP contribution is 2.27. The van der Waals surface area contributed by atoms with Gasteiger partial charge in [-0.2, -0.15) is 12.6 Å². The van der Waals surface area contributed by atoms with Crippen LogP contribution in [0.5, 0.6) is 0 Å². The van der Waals surface area contributed by atoms with E-state index in [0.29, 0.717) is 12.2 Å². The Morgan fingerprint density at radius 1 is 1.47 bits per heavy atom. The summed E-state index contributed by atoms with van der Waals surface area (Å²) in [7, 11) is 0. The Bertz CT molecular complexity index is 356. The van der Waals surface area contributed by atoms with Crippen molar-refractivity contribution in [1.82, 2.24) is 0 Å². The molecule has 0 aliphatic rings. The number of benzene rings is 1. The first-order chi connectivity index (χ1) is 7.04. The summed E-state index contributed by atoms with van der Waals surface area (Å²) in [5, 5.41) is 2.87. The summed E-state index contributed by atoms with van der Waals surface area (Å²) < 4.78 is 0.924. The molecule has 0 spiro atoms. The van der Waals surface area contributed by atoms with Gasteiger partial charge in [-0.15, -0.1) is 0 Å². The van der Waals surface area contributed by atoms with E-state index in [1.54, 1.807) is 0 Å². The molecule has 15 heavy (non-hydrogen) atoms. The average molecular weight is 288 g/mol. The maximum atomic E-state index is 11.4. The molecule has 1 aromatic rings. The second-order valence-electron chi connectivity index (χ2n) is 3.46. The number of nitrogens with one attached hydrogen (secondary N) is 1. The topological polar surface area (TPSA) is 29.1 Å². The van der Waals surface area contributed by atoms with Crippen LogP contribution in [-0.4, -0.2) is 11.7 Å². The molecule has 0 heterocycles. The fourth-order valence-electron chi connectivity index (χ4n) is 1.38. The smallest absolute Gasteiger partial charge is 0.225 e. The minimum absolute atomic E-state index is 0.00217. The Morgan fingerprint density at radius 2 is 2.13 bits per heavy atom. The molecule has 1 rings (SSSR count). The van der Waals surface area contributed by atoms with E-state index in [1.807, 2.05) is 26.0 Å². The van der Waals surface area contributed by atoms with Gasteiger partial charge in [0.2, 0.25) is 5.91 Å². The SMILES string of the molecule is Cc1cc(C)c(NC(=O)CCS)c(Br)c1. The van der Waals surface area contributed by atoms with Crippen molar-refractivity contribution in [3.63, 3.8) is 0 Å². The van der Waals surface area contributed by atoms with Gasteiger partial charge in [0, 0.05) is 10.9 Å². The third-order valence-corrected chi connectivity index (χ3v) is 2.88. The van der Waals surface area contributed by atoms with Crippen LogP contribution in [-0.2, 0) is 4.79 Å². The van der Waals surface area contributed by atoms with Gasteiger partial charge in [0.05, 0.1) is 5.69 Å². The van der Waals surface area contributed by atoms with Crippen molar-refractivity contribution in [2.45, 2.75) is 20.3 Å². The maximum absolute atomic E-state index is 11.4. The van der Waals surface area contributed by atoms with Crippen LogP contribution in [0, 0.1) is 13.8 Å². The van der Waals surface area contributed by atoms with Gasteiger partial charge in [-0.1, -0.05) is 6.07 Å². The van der Waals surface area contributed by atoms with Crippen molar-refractivity contribution >= 4 is 40.2 Å². The molecular weight excluding hydrogens is 274 g/mol. The first-order valence-electron chi connectivity index (χ1n) is 4.72. The lowest BCUT2D eigenvalue weighted by Gasteiger charge is -2.11. The zero-order valence-electron chi connectivity index (χ0n) is 8.80. The minimum Gasteiger partial charge on any atom is -0.325 e. The van der Waals surface area contributed by atoms with E-state index < -0.39 is 0 Å². The normalized spacial score (nSPS) is 10.1. The molecule has 2 nitrogen and oxygen atoms in total. The van der Waals surface area contributed by atoms with Gasteiger partial charge in [-0.25, -0.2) is 0 Å². The van der Waals surface area contributed by atoms with Crippen molar-refractivity contribution in [2.75, 3.05) is 11.1 Å². The predicted molar refractivity (Wildman–Crippen MR) is 70.7 cm³/mol. The number of hydrogen-bond donors (Lipinski definition) is 2. The third-order valence-electron chi connectivity index (χ3n) is 2.04. The second kappa shape index (κ2) is 5.56. The van der Waals surface area contributed by atoms with E-state index >= 15 is 0 Å². The van der Waals surface area contributed by atoms with Crippen molar-refractivity contribution in [1.29, 1.82) is 0 Å². The van der Waals surface area contributed by atoms with Crippen LogP contribution in [0.2, 0.25) is 0 Å². The van der Waals surface area contributed by atoms with Crippen LogP contribution >= 0.6 is 28.6 Å². The number of rotatable bonds is 3. The van der Waals surface area contributed by atoms with Crippen molar-refractivity contribution < 1.29 is 4.79 Å². The molecule has 4 heteroatoms. The van der Waals surface area contributed by atoms with Crippen molar-refractivity contribution in [3.8, 4) is 0 Å². The van der Waals surface area contributed by atoms with E-state index in [0.717, 1.165) is 15.7 Å². The fraction of sp³-hybridized carbons (Fsp3) is 0.364. The summed E-state index contributed by atoms with van der Waals surface area (Å²) in [6, 6.07) is 4.03. The summed E-state index contributed by atoms with van der Waals surface area (Å²) in [5.74, 6) is 0.562. The Hall–Kier alpha value is -0.480. The van der Waals surface area contributed by atoms with Crippen LogP contribution in [0.15, 0.2) is 16.6 Å². The Labute approximate surface area is 104 Å². The maximum Gasteiger partial charge on any atom is 0.225 e. The number of carbonyl (C=O) groups excluding carboxylic acids is 1. The zero-order valence-corrected chi connectivity index (χ0v) is 11.3. The largest absolute Gasteiger partial charge is 0.325 e. The molecule has 0 atom stereocenters.